The number of rotatable bonds is 4. The molecule has 0 spiro atoms. The number of aryl methyl sites for hydroxylation is 1. The van der Waals surface area contributed by atoms with Crippen LogP contribution in [-0.2, 0) is 6.54 Å². The van der Waals surface area contributed by atoms with E-state index in [4.69, 9.17) is 0 Å². The van der Waals surface area contributed by atoms with Crippen LogP contribution in [-0.4, -0.2) is 17.9 Å². The standard InChI is InChI=1S/C13H15N3OS/c1-9-5-10(3-4-12(9)14-2)13(17)15-6-11-7-18-8-16-11/h3-5,7-8,14H,6H2,1-2H3,(H,15,17). The fraction of sp³-hybridized carbons (Fsp3) is 0.231. The molecule has 1 amide bonds. The molecule has 0 aliphatic heterocycles. The normalized spacial score (nSPS) is 10.1. The van der Waals surface area contributed by atoms with Crippen molar-refractivity contribution in [2.24, 2.45) is 0 Å². The van der Waals surface area contributed by atoms with Crippen LogP contribution in [0.3, 0.4) is 0 Å². The van der Waals surface area contributed by atoms with Gasteiger partial charge in [0.15, 0.2) is 0 Å². The number of hydrogen-bond acceptors (Lipinski definition) is 4. The first-order valence-electron chi connectivity index (χ1n) is 5.64. The topological polar surface area (TPSA) is 54.0 Å². The molecule has 1 aromatic heterocycles. The number of carbonyl (C=O) groups is 1. The number of benzene rings is 1. The van der Waals surface area contributed by atoms with Crippen LogP contribution in [0.1, 0.15) is 21.6 Å². The highest BCUT2D eigenvalue weighted by Crippen LogP contribution is 2.15. The molecule has 0 fully saturated rings. The second-order valence-electron chi connectivity index (χ2n) is 3.94. The minimum Gasteiger partial charge on any atom is -0.388 e. The Morgan fingerprint density at radius 2 is 2.28 bits per heavy atom. The van der Waals surface area contributed by atoms with Crippen molar-refractivity contribution >= 4 is 22.9 Å². The molecule has 0 radical (unpaired) electrons. The third-order valence-electron chi connectivity index (χ3n) is 2.67. The quantitative estimate of drug-likeness (QED) is 0.888. The summed E-state index contributed by atoms with van der Waals surface area (Å²) >= 11 is 1.52. The van der Waals surface area contributed by atoms with Crippen LogP contribution in [0.15, 0.2) is 29.1 Å². The molecule has 2 aromatic rings. The average Bonchev–Trinajstić information content (AvgIpc) is 2.89. The van der Waals surface area contributed by atoms with Crippen molar-refractivity contribution in [3.8, 4) is 0 Å². The Balaban J connectivity index is 2.02. The Bertz CT molecular complexity index is 537. The van der Waals surface area contributed by atoms with Gasteiger partial charge in [-0.3, -0.25) is 4.79 Å². The van der Waals surface area contributed by atoms with Crippen molar-refractivity contribution < 1.29 is 4.79 Å². The maximum Gasteiger partial charge on any atom is 0.251 e. The van der Waals surface area contributed by atoms with Crippen molar-refractivity contribution in [1.82, 2.24) is 10.3 Å². The fourth-order valence-electron chi connectivity index (χ4n) is 1.68. The van der Waals surface area contributed by atoms with Crippen molar-refractivity contribution in [2.45, 2.75) is 13.5 Å². The molecule has 0 atom stereocenters. The Morgan fingerprint density at radius 3 is 2.89 bits per heavy atom. The highest BCUT2D eigenvalue weighted by Gasteiger charge is 2.07. The summed E-state index contributed by atoms with van der Waals surface area (Å²) in [7, 11) is 1.87. The lowest BCUT2D eigenvalue weighted by atomic mass is 10.1. The average molecular weight is 261 g/mol. The largest absolute Gasteiger partial charge is 0.388 e. The molecule has 0 bridgehead atoms. The lowest BCUT2D eigenvalue weighted by Crippen LogP contribution is -2.23. The van der Waals surface area contributed by atoms with E-state index in [9.17, 15) is 4.79 Å². The SMILES string of the molecule is CNc1ccc(C(=O)NCc2cscn2)cc1C. The second-order valence-corrected chi connectivity index (χ2v) is 4.66. The number of carbonyl (C=O) groups excluding carboxylic acids is 1. The highest BCUT2D eigenvalue weighted by molar-refractivity contribution is 7.07. The van der Waals surface area contributed by atoms with Gasteiger partial charge in [-0.05, 0) is 30.7 Å². The smallest absolute Gasteiger partial charge is 0.251 e. The van der Waals surface area contributed by atoms with Gasteiger partial charge in [-0.15, -0.1) is 11.3 Å². The third-order valence-corrected chi connectivity index (χ3v) is 3.31. The van der Waals surface area contributed by atoms with Gasteiger partial charge >= 0.3 is 0 Å². The van der Waals surface area contributed by atoms with Crippen molar-refractivity contribution in [3.63, 3.8) is 0 Å². The van der Waals surface area contributed by atoms with Gasteiger partial charge in [0.25, 0.3) is 5.91 Å². The predicted molar refractivity (Wildman–Crippen MR) is 74.0 cm³/mol. The van der Waals surface area contributed by atoms with Gasteiger partial charge in [-0.2, -0.15) is 0 Å². The molecular formula is C13H15N3OS. The number of amides is 1. The number of hydrogen-bond donors (Lipinski definition) is 2. The summed E-state index contributed by atoms with van der Waals surface area (Å²) in [5, 5.41) is 7.85. The Hall–Kier alpha value is -1.88. The predicted octanol–water partition coefficient (Wildman–Crippen LogP) is 2.42. The minimum atomic E-state index is -0.0752. The third kappa shape index (κ3) is 2.87. The molecule has 0 saturated heterocycles. The molecule has 0 unspecified atom stereocenters. The van der Waals surface area contributed by atoms with Crippen LogP contribution in [0.25, 0.3) is 0 Å². The molecule has 0 aliphatic carbocycles. The number of thiazole rings is 1. The van der Waals surface area contributed by atoms with Gasteiger partial charge in [0.05, 0.1) is 17.7 Å². The molecule has 4 nitrogen and oxygen atoms in total. The zero-order valence-electron chi connectivity index (χ0n) is 10.4. The summed E-state index contributed by atoms with van der Waals surface area (Å²) in [6.45, 7) is 2.44. The van der Waals surface area contributed by atoms with Crippen molar-refractivity contribution in [2.75, 3.05) is 12.4 Å². The van der Waals surface area contributed by atoms with E-state index >= 15 is 0 Å². The monoisotopic (exact) mass is 261 g/mol. The lowest BCUT2D eigenvalue weighted by molar-refractivity contribution is 0.0950. The van der Waals surface area contributed by atoms with Crippen LogP contribution in [0.4, 0.5) is 5.69 Å². The van der Waals surface area contributed by atoms with E-state index < -0.39 is 0 Å². The fourth-order valence-corrected chi connectivity index (χ4v) is 2.24. The van der Waals surface area contributed by atoms with Crippen LogP contribution in [0.2, 0.25) is 0 Å². The van der Waals surface area contributed by atoms with Crippen molar-refractivity contribution in [3.05, 3.63) is 45.9 Å². The van der Waals surface area contributed by atoms with Crippen LogP contribution < -0.4 is 10.6 Å². The first-order valence-corrected chi connectivity index (χ1v) is 6.58. The van der Waals surface area contributed by atoms with Gasteiger partial charge in [-0.25, -0.2) is 4.98 Å². The number of anilines is 1. The first-order chi connectivity index (χ1) is 8.70. The van der Waals surface area contributed by atoms with Crippen molar-refractivity contribution in [1.29, 1.82) is 0 Å². The van der Waals surface area contributed by atoms with E-state index in [0.29, 0.717) is 12.1 Å². The van der Waals surface area contributed by atoms with E-state index in [-0.39, 0.29) is 5.91 Å². The second kappa shape index (κ2) is 5.64. The highest BCUT2D eigenvalue weighted by atomic mass is 32.1. The zero-order valence-corrected chi connectivity index (χ0v) is 11.2. The van der Waals surface area contributed by atoms with E-state index in [1.54, 1.807) is 5.51 Å². The molecule has 18 heavy (non-hydrogen) atoms. The summed E-state index contributed by atoms with van der Waals surface area (Å²) in [4.78, 5) is 16.1. The molecular weight excluding hydrogens is 246 g/mol. The van der Waals surface area contributed by atoms with E-state index in [1.807, 2.05) is 37.6 Å². The van der Waals surface area contributed by atoms with E-state index in [1.165, 1.54) is 11.3 Å². The molecule has 0 saturated carbocycles. The minimum absolute atomic E-state index is 0.0752. The number of nitrogens with zero attached hydrogens (tertiary/aromatic N) is 1. The molecule has 5 heteroatoms. The van der Waals surface area contributed by atoms with Gasteiger partial charge in [0.2, 0.25) is 0 Å². The summed E-state index contributed by atoms with van der Waals surface area (Å²) in [6.07, 6.45) is 0. The molecule has 2 N–H and O–H groups in total. The van der Waals surface area contributed by atoms with E-state index in [2.05, 4.69) is 15.6 Å². The van der Waals surface area contributed by atoms with Gasteiger partial charge in [0.1, 0.15) is 0 Å². The number of aromatic nitrogens is 1. The molecule has 0 aliphatic rings. The Kier molecular flexibility index (Phi) is 3.94. The van der Waals surface area contributed by atoms with Crippen LogP contribution >= 0.6 is 11.3 Å². The Labute approximate surface area is 110 Å². The van der Waals surface area contributed by atoms with Gasteiger partial charge < -0.3 is 10.6 Å². The van der Waals surface area contributed by atoms with Crippen LogP contribution in [0, 0.1) is 6.92 Å². The summed E-state index contributed by atoms with van der Waals surface area (Å²) < 4.78 is 0. The summed E-state index contributed by atoms with van der Waals surface area (Å²) in [5.41, 5.74) is 5.40. The molecule has 2 rings (SSSR count). The number of nitrogens with one attached hydrogen (secondary N) is 2. The maximum atomic E-state index is 11.9. The maximum absolute atomic E-state index is 11.9. The molecule has 94 valence electrons. The van der Waals surface area contributed by atoms with Crippen LogP contribution in [0.5, 0.6) is 0 Å². The van der Waals surface area contributed by atoms with Gasteiger partial charge in [-0.1, -0.05) is 0 Å². The Morgan fingerprint density at radius 1 is 1.44 bits per heavy atom. The van der Waals surface area contributed by atoms with Gasteiger partial charge in [0, 0.05) is 23.7 Å². The lowest BCUT2D eigenvalue weighted by Gasteiger charge is -2.08. The van der Waals surface area contributed by atoms with E-state index in [0.717, 1.165) is 16.9 Å². The summed E-state index contributed by atoms with van der Waals surface area (Å²) in [6, 6.07) is 5.60. The summed E-state index contributed by atoms with van der Waals surface area (Å²) in [5.74, 6) is -0.0752. The first kappa shape index (κ1) is 12.6. The molecule has 1 heterocycles. The zero-order chi connectivity index (χ0) is 13.0. The molecule has 1 aromatic carbocycles.